The van der Waals surface area contributed by atoms with Crippen LogP contribution >= 0.6 is 0 Å². The first-order chi connectivity index (χ1) is 10.2. The average molecular weight is 296 g/mol. The number of rotatable bonds is 6. The molecule has 1 unspecified atom stereocenters. The van der Waals surface area contributed by atoms with Crippen LogP contribution in [0.3, 0.4) is 0 Å². The highest BCUT2D eigenvalue weighted by Crippen LogP contribution is 2.29. The van der Waals surface area contributed by atoms with Crippen LogP contribution in [0.25, 0.3) is 0 Å². The number of nitrogens with one attached hydrogen (secondary N) is 2. The number of hydrogen-bond acceptors (Lipinski definition) is 3. The minimum atomic E-state index is 0.0710. The zero-order chi connectivity index (χ0) is 15.1. The molecular weight excluding hydrogens is 268 g/mol. The molecule has 2 fully saturated rings. The molecule has 0 bridgehead atoms. The second-order valence-electron chi connectivity index (χ2n) is 6.22. The number of carbonyl (C=O) groups is 2. The van der Waals surface area contributed by atoms with Gasteiger partial charge in [-0.15, -0.1) is 0 Å². The summed E-state index contributed by atoms with van der Waals surface area (Å²) in [6.07, 6.45) is 6.60. The van der Waals surface area contributed by atoms with Crippen LogP contribution < -0.4 is 10.6 Å². The number of hydrogen-bond donors (Lipinski definition) is 2. The van der Waals surface area contributed by atoms with Crippen molar-refractivity contribution in [1.82, 2.24) is 10.6 Å². The van der Waals surface area contributed by atoms with Gasteiger partial charge in [0.1, 0.15) is 0 Å². The summed E-state index contributed by atoms with van der Waals surface area (Å²) in [4.78, 5) is 24.0. The molecule has 120 valence electrons. The van der Waals surface area contributed by atoms with Gasteiger partial charge in [-0.05, 0) is 44.9 Å². The Hall–Kier alpha value is -1.10. The van der Waals surface area contributed by atoms with Crippen molar-refractivity contribution in [3.8, 4) is 0 Å². The van der Waals surface area contributed by atoms with E-state index < -0.39 is 0 Å². The molecule has 1 saturated carbocycles. The summed E-state index contributed by atoms with van der Waals surface area (Å²) in [5.41, 5.74) is 0. The number of amides is 2. The van der Waals surface area contributed by atoms with Crippen LogP contribution in [-0.4, -0.2) is 37.6 Å². The van der Waals surface area contributed by atoms with Crippen LogP contribution in [0.5, 0.6) is 0 Å². The summed E-state index contributed by atoms with van der Waals surface area (Å²) < 4.78 is 5.51. The molecule has 2 amide bonds. The van der Waals surface area contributed by atoms with E-state index in [0.717, 1.165) is 58.1 Å². The Kier molecular flexibility index (Phi) is 6.49. The van der Waals surface area contributed by atoms with Crippen molar-refractivity contribution in [1.29, 1.82) is 0 Å². The van der Waals surface area contributed by atoms with Crippen LogP contribution in [0, 0.1) is 11.8 Å². The Morgan fingerprint density at radius 3 is 2.14 bits per heavy atom. The van der Waals surface area contributed by atoms with Crippen LogP contribution in [0.4, 0.5) is 0 Å². The van der Waals surface area contributed by atoms with Crippen molar-refractivity contribution in [3.63, 3.8) is 0 Å². The third-order valence-electron chi connectivity index (χ3n) is 4.55. The quantitative estimate of drug-likeness (QED) is 0.782. The molecule has 1 aliphatic carbocycles. The molecule has 1 aliphatic heterocycles. The van der Waals surface area contributed by atoms with Gasteiger partial charge in [-0.1, -0.05) is 6.92 Å². The highest BCUT2D eigenvalue weighted by molar-refractivity contribution is 5.81. The van der Waals surface area contributed by atoms with Gasteiger partial charge in [-0.25, -0.2) is 0 Å². The van der Waals surface area contributed by atoms with Crippen LogP contribution in [0.15, 0.2) is 0 Å². The van der Waals surface area contributed by atoms with Crippen molar-refractivity contribution >= 4 is 11.8 Å². The van der Waals surface area contributed by atoms with Crippen LogP contribution in [0.2, 0.25) is 0 Å². The topological polar surface area (TPSA) is 67.4 Å². The molecule has 5 heteroatoms. The molecule has 21 heavy (non-hydrogen) atoms. The average Bonchev–Trinajstić information content (AvgIpc) is 3.04. The second-order valence-corrected chi connectivity index (χ2v) is 6.22. The zero-order valence-electron chi connectivity index (χ0n) is 13.0. The summed E-state index contributed by atoms with van der Waals surface area (Å²) in [6.45, 7) is 4.25. The van der Waals surface area contributed by atoms with E-state index in [4.69, 9.17) is 4.74 Å². The Morgan fingerprint density at radius 2 is 1.62 bits per heavy atom. The molecule has 2 N–H and O–H groups in total. The molecule has 1 atom stereocenters. The van der Waals surface area contributed by atoms with Crippen molar-refractivity contribution in [3.05, 3.63) is 0 Å². The van der Waals surface area contributed by atoms with E-state index in [1.165, 1.54) is 0 Å². The van der Waals surface area contributed by atoms with Gasteiger partial charge < -0.3 is 15.4 Å². The van der Waals surface area contributed by atoms with E-state index in [1.54, 1.807) is 0 Å². The zero-order valence-corrected chi connectivity index (χ0v) is 13.0. The van der Waals surface area contributed by atoms with Crippen molar-refractivity contribution in [2.45, 2.75) is 58.0 Å². The van der Waals surface area contributed by atoms with Gasteiger partial charge in [0.25, 0.3) is 0 Å². The second kappa shape index (κ2) is 8.37. The highest BCUT2D eigenvalue weighted by atomic mass is 16.5. The molecular formula is C16H28N2O3. The molecule has 2 aliphatic rings. The fourth-order valence-corrected chi connectivity index (χ4v) is 3.17. The predicted octanol–water partition coefficient (Wildman–Crippen LogP) is 1.61. The maximum Gasteiger partial charge on any atom is 0.223 e. The lowest BCUT2D eigenvalue weighted by Crippen LogP contribution is -2.39. The summed E-state index contributed by atoms with van der Waals surface area (Å²) in [7, 11) is 0. The predicted molar refractivity (Wildman–Crippen MR) is 80.7 cm³/mol. The van der Waals surface area contributed by atoms with Crippen molar-refractivity contribution in [2.24, 2.45) is 11.8 Å². The molecule has 0 aromatic heterocycles. The summed E-state index contributed by atoms with van der Waals surface area (Å²) in [5.74, 6) is 0.466. The Bertz CT molecular complexity index is 345. The van der Waals surface area contributed by atoms with E-state index in [-0.39, 0.29) is 29.8 Å². The van der Waals surface area contributed by atoms with Crippen LogP contribution in [-0.2, 0) is 14.3 Å². The maximum atomic E-state index is 12.1. The van der Waals surface area contributed by atoms with Gasteiger partial charge in [0.15, 0.2) is 0 Å². The lowest BCUT2D eigenvalue weighted by Gasteiger charge is -2.27. The van der Waals surface area contributed by atoms with Gasteiger partial charge in [0, 0.05) is 31.5 Å². The smallest absolute Gasteiger partial charge is 0.223 e. The fourth-order valence-electron chi connectivity index (χ4n) is 3.17. The van der Waals surface area contributed by atoms with Crippen LogP contribution in [0.1, 0.15) is 51.9 Å². The molecule has 2 rings (SSSR count). The Morgan fingerprint density at radius 1 is 1.00 bits per heavy atom. The summed E-state index contributed by atoms with van der Waals surface area (Å²) in [5, 5.41) is 5.96. The maximum absolute atomic E-state index is 12.1. The van der Waals surface area contributed by atoms with E-state index in [1.807, 2.05) is 0 Å². The van der Waals surface area contributed by atoms with Crippen molar-refractivity contribution < 1.29 is 14.3 Å². The lowest BCUT2D eigenvalue weighted by atomic mass is 9.81. The van der Waals surface area contributed by atoms with Gasteiger partial charge in [0.2, 0.25) is 11.8 Å². The minimum absolute atomic E-state index is 0.0710. The van der Waals surface area contributed by atoms with Gasteiger partial charge in [-0.2, -0.15) is 0 Å². The van der Waals surface area contributed by atoms with Crippen molar-refractivity contribution in [2.75, 3.05) is 19.7 Å². The van der Waals surface area contributed by atoms with E-state index >= 15 is 0 Å². The first-order valence-electron chi connectivity index (χ1n) is 8.37. The van der Waals surface area contributed by atoms with E-state index in [2.05, 4.69) is 17.6 Å². The number of ether oxygens (including phenoxy) is 1. The normalized spacial score (nSPS) is 29.1. The summed E-state index contributed by atoms with van der Waals surface area (Å²) >= 11 is 0. The first kappa shape index (κ1) is 16.3. The molecule has 5 nitrogen and oxygen atoms in total. The molecule has 1 heterocycles. The molecule has 0 spiro atoms. The third kappa shape index (κ3) is 4.99. The van der Waals surface area contributed by atoms with Gasteiger partial charge >= 0.3 is 0 Å². The Labute approximate surface area is 127 Å². The first-order valence-corrected chi connectivity index (χ1v) is 8.37. The molecule has 0 radical (unpaired) electrons. The summed E-state index contributed by atoms with van der Waals surface area (Å²) in [6, 6.07) is 0. The largest absolute Gasteiger partial charge is 0.376 e. The minimum Gasteiger partial charge on any atom is -0.376 e. The monoisotopic (exact) mass is 296 g/mol. The molecule has 0 aromatic carbocycles. The molecule has 0 aromatic rings. The van der Waals surface area contributed by atoms with E-state index in [0.29, 0.717) is 6.54 Å². The number of carbonyl (C=O) groups excluding carboxylic acids is 2. The fraction of sp³-hybridized carbons (Fsp3) is 0.875. The standard InChI is InChI=1S/C16H28N2O3/c1-2-9-17-15(19)12-5-7-13(8-6-12)16(20)18-11-14-4-3-10-21-14/h12-14H,2-11H2,1H3,(H,17,19)(H,18,20). The Balaban J connectivity index is 1.65. The third-order valence-corrected chi connectivity index (χ3v) is 4.55. The van der Waals surface area contributed by atoms with Gasteiger partial charge in [0.05, 0.1) is 6.10 Å². The van der Waals surface area contributed by atoms with E-state index in [9.17, 15) is 9.59 Å². The van der Waals surface area contributed by atoms with Gasteiger partial charge in [-0.3, -0.25) is 9.59 Å². The SMILES string of the molecule is CCCNC(=O)C1CCC(C(=O)NCC2CCCO2)CC1. The molecule has 1 saturated heterocycles. The highest BCUT2D eigenvalue weighted by Gasteiger charge is 2.30. The lowest BCUT2D eigenvalue weighted by molar-refractivity contribution is -0.130.